The van der Waals surface area contributed by atoms with E-state index in [2.05, 4.69) is 34.6 Å². The first-order valence-electron chi connectivity index (χ1n) is 25.7. The number of esters is 3. The van der Waals surface area contributed by atoms with Crippen LogP contribution in [0, 0.1) is 11.8 Å². The maximum atomic E-state index is 12.8. The molecule has 0 N–H and O–H groups in total. The van der Waals surface area contributed by atoms with Crippen LogP contribution in [0.5, 0.6) is 0 Å². The van der Waals surface area contributed by atoms with Crippen LogP contribution in [0.1, 0.15) is 285 Å². The summed E-state index contributed by atoms with van der Waals surface area (Å²) in [6.07, 6.45) is 45.3. The molecule has 1 atom stereocenters. The summed E-state index contributed by atoms with van der Waals surface area (Å²) < 4.78 is 16.8. The zero-order valence-corrected chi connectivity index (χ0v) is 39.7. The number of rotatable bonds is 46. The molecule has 0 aromatic rings. The summed E-state index contributed by atoms with van der Waals surface area (Å²) in [6, 6.07) is 0. The molecule has 0 radical (unpaired) electrons. The Morgan fingerprint density at radius 3 is 0.845 bits per heavy atom. The highest BCUT2D eigenvalue weighted by atomic mass is 16.6. The predicted molar refractivity (Wildman–Crippen MR) is 247 cm³/mol. The minimum atomic E-state index is -0.762. The molecule has 6 heteroatoms. The van der Waals surface area contributed by atoms with Crippen LogP contribution in [0.3, 0.4) is 0 Å². The van der Waals surface area contributed by atoms with Gasteiger partial charge in [-0.1, -0.05) is 247 Å². The van der Waals surface area contributed by atoms with E-state index in [1.807, 2.05) is 0 Å². The molecule has 0 saturated heterocycles. The van der Waals surface area contributed by atoms with Crippen LogP contribution in [0.25, 0.3) is 0 Å². The van der Waals surface area contributed by atoms with E-state index in [4.69, 9.17) is 14.2 Å². The molecular weight excluding hydrogens is 721 g/mol. The third-order valence-corrected chi connectivity index (χ3v) is 11.7. The smallest absolute Gasteiger partial charge is 0.306 e. The van der Waals surface area contributed by atoms with E-state index < -0.39 is 6.10 Å². The molecule has 6 nitrogen and oxygen atoms in total. The van der Waals surface area contributed by atoms with Gasteiger partial charge in [0.05, 0.1) is 0 Å². The summed E-state index contributed by atoms with van der Waals surface area (Å²) in [4.78, 5) is 37.9. The highest BCUT2D eigenvalue weighted by Crippen LogP contribution is 2.17. The van der Waals surface area contributed by atoms with Gasteiger partial charge in [0.2, 0.25) is 0 Å². The molecule has 0 aliphatic heterocycles. The monoisotopic (exact) mass is 821 g/mol. The lowest BCUT2D eigenvalue weighted by Gasteiger charge is -2.18. The van der Waals surface area contributed by atoms with Crippen molar-refractivity contribution >= 4 is 17.9 Å². The van der Waals surface area contributed by atoms with Crippen molar-refractivity contribution in [1.82, 2.24) is 0 Å². The number of hydrogen-bond acceptors (Lipinski definition) is 6. The molecule has 0 spiro atoms. The van der Waals surface area contributed by atoms with E-state index in [0.717, 1.165) is 69.6 Å². The second-order valence-electron chi connectivity index (χ2n) is 18.8. The average Bonchev–Trinajstić information content (AvgIpc) is 3.19. The molecule has 0 aromatic carbocycles. The Hall–Kier alpha value is -1.59. The van der Waals surface area contributed by atoms with Gasteiger partial charge in [-0.25, -0.2) is 0 Å². The van der Waals surface area contributed by atoms with Gasteiger partial charge in [0.15, 0.2) is 6.10 Å². The molecule has 0 aliphatic rings. The maximum Gasteiger partial charge on any atom is 0.306 e. The van der Waals surface area contributed by atoms with Gasteiger partial charge in [-0.15, -0.1) is 0 Å². The van der Waals surface area contributed by atoms with Gasteiger partial charge in [0.1, 0.15) is 13.2 Å². The number of carbonyl (C=O) groups excluding carboxylic acids is 3. The lowest BCUT2D eigenvalue weighted by Crippen LogP contribution is -2.30. The number of hydrogen-bond donors (Lipinski definition) is 0. The zero-order valence-electron chi connectivity index (χ0n) is 39.7. The van der Waals surface area contributed by atoms with Crippen molar-refractivity contribution in [3.8, 4) is 0 Å². The second-order valence-corrected chi connectivity index (χ2v) is 18.8. The van der Waals surface area contributed by atoms with Gasteiger partial charge in [0, 0.05) is 19.3 Å². The van der Waals surface area contributed by atoms with E-state index in [-0.39, 0.29) is 31.1 Å². The molecule has 0 unspecified atom stereocenters. The quantitative estimate of drug-likeness (QED) is 0.0346. The lowest BCUT2D eigenvalue weighted by molar-refractivity contribution is -0.167. The molecular formula is C52H100O6. The minimum Gasteiger partial charge on any atom is -0.462 e. The topological polar surface area (TPSA) is 78.9 Å². The molecule has 0 fully saturated rings. The summed E-state index contributed by atoms with van der Waals surface area (Å²) in [7, 11) is 0. The van der Waals surface area contributed by atoms with E-state index in [9.17, 15) is 14.4 Å². The van der Waals surface area contributed by atoms with E-state index in [0.29, 0.717) is 19.3 Å². The standard InChI is InChI=1S/C52H100O6/c1-6-7-8-9-10-11-12-13-14-15-16-17-18-23-28-34-39-44-52(55)58-49(46-57-51(54)43-38-33-29-24-26-31-36-41-48(4)5)45-56-50(53)42-37-32-27-22-20-19-21-25-30-35-40-47(2)3/h47-49H,6-46H2,1-5H3/t49-/m1/s1. The van der Waals surface area contributed by atoms with Crippen LogP contribution >= 0.6 is 0 Å². The van der Waals surface area contributed by atoms with Gasteiger partial charge < -0.3 is 14.2 Å². The third kappa shape index (κ3) is 45.5. The van der Waals surface area contributed by atoms with E-state index in [1.165, 1.54) is 173 Å². The predicted octanol–water partition coefficient (Wildman–Crippen LogP) is 16.5. The second kappa shape index (κ2) is 44.9. The fourth-order valence-electron chi connectivity index (χ4n) is 7.81. The maximum absolute atomic E-state index is 12.8. The molecule has 0 bridgehead atoms. The Morgan fingerprint density at radius 1 is 0.328 bits per heavy atom. The normalized spacial score (nSPS) is 12.1. The first-order valence-corrected chi connectivity index (χ1v) is 25.7. The highest BCUT2D eigenvalue weighted by Gasteiger charge is 2.19. The summed E-state index contributed by atoms with van der Waals surface area (Å²) in [6.45, 7) is 11.3. The first-order chi connectivity index (χ1) is 28.2. The Morgan fingerprint density at radius 2 is 0.569 bits per heavy atom. The van der Waals surface area contributed by atoms with Crippen LogP contribution in [-0.4, -0.2) is 37.2 Å². The van der Waals surface area contributed by atoms with Crippen molar-refractivity contribution in [3.63, 3.8) is 0 Å². The Bertz CT molecular complexity index is 885. The van der Waals surface area contributed by atoms with Gasteiger partial charge >= 0.3 is 17.9 Å². The molecule has 58 heavy (non-hydrogen) atoms. The van der Waals surface area contributed by atoms with Crippen molar-refractivity contribution in [2.75, 3.05) is 13.2 Å². The average molecular weight is 821 g/mol. The first kappa shape index (κ1) is 56.4. The largest absolute Gasteiger partial charge is 0.462 e. The van der Waals surface area contributed by atoms with E-state index >= 15 is 0 Å². The molecule has 0 aliphatic carbocycles. The molecule has 344 valence electrons. The Balaban J connectivity index is 4.29. The zero-order chi connectivity index (χ0) is 42.6. The molecule has 0 aromatic heterocycles. The number of carbonyl (C=O) groups is 3. The number of ether oxygens (including phenoxy) is 3. The fourth-order valence-corrected chi connectivity index (χ4v) is 7.81. The van der Waals surface area contributed by atoms with Crippen LogP contribution in [-0.2, 0) is 28.6 Å². The molecule has 0 rings (SSSR count). The lowest BCUT2D eigenvalue weighted by atomic mass is 10.0. The summed E-state index contributed by atoms with van der Waals surface area (Å²) in [5.41, 5.74) is 0. The SMILES string of the molecule is CCCCCCCCCCCCCCCCCCCC(=O)O[C@H](COC(=O)CCCCCCCCCCCCC(C)C)COC(=O)CCCCCCCCCC(C)C. The number of unbranched alkanes of at least 4 members (excludes halogenated alkanes) is 31. The van der Waals surface area contributed by atoms with Crippen molar-refractivity contribution < 1.29 is 28.6 Å². The van der Waals surface area contributed by atoms with Crippen molar-refractivity contribution in [2.45, 2.75) is 291 Å². The van der Waals surface area contributed by atoms with Crippen LogP contribution in [0.4, 0.5) is 0 Å². The van der Waals surface area contributed by atoms with Crippen LogP contribution < -0.4 is 0 Å². The summed E-state index contributed by atoms with van der Waals surface area (Å²) in [5.74, 6) is 0.748. The fraction of sp³-hybridized carbons (Fsp3) is 0.942. The van der Waals surface area contributed by atoms with Gasteiger partial charge in [0.25, 0.3) is 0 Å². The highest BCUT2D eigenvalue weighted by molar-refractivity contribution is 5.71. The molecule has 0 heterocycles. The van der Waals surface area contributed by atoms with Gasteiger partial charge in [-0.2, -0.15) is 0 Å². The Kier molecular flexibility index (Phi) is 43.7. The van der Waals surface area contributed by atoms with Gasteiger partial charge in [-0.05, 0) is 31.1 Å². The van der Waals surface area contributed by atoms with Gasteiger partial charge in [-0.3, -0.25) is 14.4 Å². The third-order valence-electron chi connectivity index (χ3n) is 11.7. The van der Waals surface area contributed by atoms with Crippen LogP contribution in [0.15, 0.2) is 0 Å². The van der Waals surface area contributed by atoms with E-state index in [1.54, 1.807) is 0 Å². The van der Waals surface area contributed by atoms with Crippen molar-refractivity contribution in [2.24, 2.45) is 11.8 Å². The minimum absolute atomic E-state index is 0.0646. The van der Waals surface area contributed by atoms with Crippen molar-refractivity contribution in [3.05, 3.63) is 0 Å². The summed E-state index contributed by atoms with van der Waals surface area (Å²) in [5, 5.41) is 0. The molecule has 0 saturated carbocycles. The van der Waals surface area contributed by atoms with Crippen molar-refractivity contribution in [1.29, 1.82) is 0 Å². The Labute approximate surface area is 361 Å². The summed E-state index contributed by atoms with van der Waals surface area (Å²) >= 11 is 0. The van der Waals surface area contributed by atoms with Crippen LogP contribution in [0.2, 0.25) is 0 Å². The molecule has 0 amide bonds.